The van der Waals surface area contributed by atoms with Gasteiger partial charge in [-0.05, 0) is 25.1 Å². The van der Waals surface area contributed by atoms with Gasteiger partial charge in [-0.15, -0.1) is 6.42 Å². The lowest BCUT2D eigenvalue weighted by Crippen LogP contribution is -1.99. The van der Waals surface area contributed by atoms with Gasteiger partial charge < -0.3 is 4.57 Å². The molecule has 0 atom stereocenters. The molecule has 25 heavy (non-hydrogen) atoms. The van der Waals surface area contributed by atoms with Crippen LogP contribution in [0.3, 0.4) is 0 Å². The molecule has 2 heterocycles. The van der Waals surface area contributed by atoms with Crippen molar-refractivity contribution in [3.05, 3.63) is 59.8 Å². The van der Waals surface area contributed by atoms with Gasteiger partial charge in [0.1, 0.15) is 0 Å². The van der Waals surface area contributed by atoms with Crippen molar-refractivity contribution in [3.8, 4) is 12.3 Å². The van der Waals surface area contributed by atoms with Gasteiger partial charge in [-0.3, -0.25) is 5.43 Å². The number of hydrogen-bond donors (Lipinski definition) is 1. The fourth-order valence-corrected chi connectivity index (χ4v) is 3.80. The summed E-state index contributed by atoms with van der Waals surface area (Å²) in [4.78, 5) is 4.53. The lowest BCUT2D eigenvalue weighted by Gasteiger charge is -2.02. The van der Waals surface area contributed by atoms with Crippen molar-refractivity contribution in [2.75, 3.05) is 5.43 Å². The minimum Gasteiger partial charge on any atom is -0.333 e. The van der Waals surface area contributed by atoms with Gasteiger partial charge in [0.25, 0.3) is 0 Å². The van der Waals surface area contributed by atoms with Crippen LogP contribution >= 0.6 is 11.3 Å². The number of anilines is 1. The summed E-state index contributed by atoms with van der Waals surface area (Å²) in [5.41, 5.74) is 7.32. The Balaban J connectivity index is 1.67. The van der Waals surface area contributed by atoms with Gasteiger partial charge in [0.15, 0.2) is 0 Å². The third-order valence-corrected chi connectivity index (χ3v) is 5.12. The summed E-state index contributed by atoms with van der Waals surface area (Å²) in [6.45, 7) is 2.61. The fraction of sp³-hybridized carbons (Fsp3) is 0.100. The molecular formula is C20H16N4S. The van der Waals surface area contributed by atoms with E-state index >= 15 is 0 Å². The lowest BCUT2D eigenvalue weighted by atomic mass is 10.1. The molecule has 2 aromatic heterocycles. The van der Waals surface area contributed by atoms with E-state index in [-0.39, 0.29) is 0 Å². The number of thiazole rings is 1. The van der Waals surface area contributed by atoms with E-state index in [0.717, 1.165) is 37.5 Å². The molecule has 0 unspecified atom stereocenters. The number of benzene rings is 2. The lowest BCUT2D eigenvalue weighted by molar-refractivity contribution is 0.846. The van der Waals surface area contributed by atoms with Crippen molar-refractivity contribution in [2.45, 2.75) is 13.5 Å². The van der Waals surface area contributed by atoms with Crippen molar-refractivity contribution in [2.24, 2.45) is 5.10 Å². The molecule has 0 aliphatic rings. The van der Waals surface area contributed by atoms with Crippen LogP contribution in [0.2, 0.25) is 0 Å². The van der Waals surface area contributed by atoms with Gasteiger partial charge in [0.2, 0.25) is 5.13 Å². The Morgan fingerprint density at radius 2 is 2.04 bits per heavy atom. The standard InChI is InChI=1S/C20H16N4S/c1-3-12-24-14(2)16(15-8-4-6-10-18(15)24)13-21-23-20-22-17-9-5-7-11-19(17)25-20/h1,4-11,13H,12H2,2H3,(H,22,23)/b21-13-. The Morgan fingerprint density at radius 1 is 1.24 bits per heavy atom. The molecule has 4 rings (SSSR count). The SMILES string of the molecule is C#CCn1c(C)c(/C=N\Nc2nc3ccccc3s2)c2ccccc21. The van der Waals surface area contributed by atoms with E-state index in [0.29, 0.717) is 6.54 Å². The first-order chi connectivity index (χ1) is 12.3. The molecule has 0 bridgehead atoms. The summed E-state index contributed by atoms with van der Waals surface area (Å²) in [7, 11) is 0. The number of nitrogens with one attached hydrogen (secondary N) is 1. The van der Waals surface area contributed by atoms with E-state index in [1.807, 2.05) is 36.5 Å². The van der Waals surface area contributed by atoms with E-state index in [4.69, 9.17) is 6.42 Å². The molecule has 1 N–H and O–H groups in total. The molecule has 0 saturated heterocycles. The molecule has 0 radical (unpaired) electrons. The van der Waals surface area contributed by atoms with Crippen molar-refractivity contribution in [1.82, 2.24) is 9.55 Å². The number of rotatable bonds is 4. The van der Waals surface area contributed by atoms with E-state index in [2.05, 4.69) is 51.1 Å². The molecule has 0 saturated carbocycles. The molecule has 0 aliphatic carbocycles. The van der Waals surface area contributed by atoms with E-state index in [1.54, 1.807) is 11.3 Å². The Morgan fingerprint density at radius 3 is 2.88 bits per heavy atom. The first-order valence-electron chi connectivity index (χ1n) is 7.94. The van der Waals surface area contributed by atoms with Crippen LogP contribution < -0.4 is 5.43 Å². The quantitative estimate of drug-likeness (QED) is 0.333. The maximum absolute atomic E-state index is 5.52. The Kier molecular flexibility index (Phi) is 3.96. The monoisotopic (exact) mass is 344 g/mol. The van der Waals surface area contributed by atoms with Crippen molar-refractivity contribution in [1.29, 1.82) is 0 Å². The fourth-order valence-electron chi connectivity index (χ4n) is 2.99. The highest BCUT2D eigenvalue weighted by Gasteiger charge is 2.11. The average molecular weight is 344 g/mol. The number of hydrogen-bond acceptors (Lipinski definition) is 4. The van der Waals surface area contributed by atoms with Gasteiger partial charge >= 0.3 is 0 Å². The maximum atomic E-state index is 5.52. The second-order valence-electron chi connectivity index (χ2n) is 5.66. The Hall–Kier alpha value is -3.10. The molecule has 5 heteroatoms. The summed E-state index contributed by atoms with van der Waals surface area (Å²) in [5.74, 6) is 2.72. The predicted octanol–water partition coefficient (Wildman–Crippen LogP) is 4.64. The van der Waals surface area contributed by atoms with Gasteiger partial charge in [0.05, 0.1) is 23.0 Å². The smallest absolute Gasteiger partial charge is 0.204 e. The topological polar surface area (TPSA) is 42.2 Å². The molecule has 0 fully saturated rings. The van der Waals surface area contributed by atoms with Crippen molar-refractivity contribution < 1.29 is 0 Å². The molecular weight excluding hydrogens is 328 g/mol. The summed E-state index contributed by atoms with van der Waals surface area (Å²) >= 11 is 1.59. The zero-order chi connectivity index (χ0) is 17.2. The van der Waals surface area contributed by atoms with Gasteiger partial charge in [-0.2, -0.15) is 5.10 Å². The first kappa shape index (κ1) is 15.4. The minimum absolute atomic E-state index is 0.547. The van der Waals surface area contributed by atoms with Crippen LogP contribution in [0, 0.1) is 19.3 Å². The normalized spacial score (nSPS) is 11.4. The van der Waals surface area contributed by atoms with E-state index in [9.17, 15) is 0 Å². The average Bonchev–Trinajstić information content (AvgIpc) is 3.16. The van der Waals surface area contributed by atoms with E-state index in [1.165, 1.54) is 0 Å². The van der Waals surface area contributed by atoms with Gasteiger partial charge in [-0.1, -0.05) is 47.6 Å². The first-order valence-corrected chi connectivity index (χ1v) is 8.75. The highest BCUT2D eigenvalue weighted by molar-refractivity contribution is 7.22. The Bertz CT molecular complexity index is 1090. The molecule has 4 aromatic rings. The molecule has 0 amide bonds. The van der Waals surface area contributed by atoms with Crippen LogP contribution in [0.25, 0.3) is 21.1 Å². The third kappa shape index (κ3) is 2.77. The second-order valence-corrected chi connectivity index (χ2v) is 6.69. The van der Waals surface area contributed by atoms with Gasteiger partial charge in [0, 0.05) is 22.2 Å². The number of aromatic nitrogens is 2. The summed E-state index contributed by atoms with van der Waals surface area (Å²) in [5, 5.41) is 6.32. The summed E-state index contributed by atoms with van der Waals surface area (Å²) < 4.78 is 3.27. The zero-order valence-electron chi connectivity index (χ0n) is 13.7. The number of fused-ring (bicyclic) bond motifs is 2. The zero-order valence-corrected chi connectivity index (χ0v) is 14.5. The minimum atomic E-state index is 0.547. The Labute approximate surface area is 149 Å². The predicted molar refractivity (Wildman–Crippen MR) is 106 cm³/mol. The number of nitrogens with zero attached hydrogens (tertiary/aromatic N) is 3. The third-order valence-electron chi connectivity index (χ3n) is 4.18. The molecule has 4 nitrogen and oxygen atoms in total. The van der Waals surface area contributed by atoms with Crippen LogP contribution in [0.15, 0.2) is 53.6 Å². The molecule has 0 aliphatic heterocycles. The summed E-state index contributed by atoms with van der Waals surface area (Å²) in [6.07, 6.45) is 7.36. The number of hydrazone groups is 1. The second kappa shape index (κ2) is 6.42. The molecule has 2 aromatic carbocycles. The van der Waals surface area contributed by atoms with Crippen LogP contribution in [-0.4, -0.2) is 15.8 Å². The summed E-state index contributed by atoms with van der Waals surface area (Å²) in [6, 6.07) is 16.3. The number of para-hydroxylation sites is 2. The number of terminal acetylenes is 1. The van der Waals surface area contributed by atoms with E-state index < -0.39 is 0 Å². The van der Waals surface area contributed by atoms with Gasteiger partial charge in [-0.25, -0.2) is 4.98 Å². The molecule has 122 valence electrons. The van der Waals surface area contributed by atoms with Crippen LogP contribution in [0.1, 0.15) is 11.3 Å². The van der Waals surface area contributed by atoms with Crippen molar-refractivity contribution in [3.63, 3.8) is 0 Å². The largest absolute Gasteiger partial charge is 0.333 e. The highest BCUT2D eigenvalue weighted by atomic mass is 32.1. The van der Waals surface area contributed by atoms with Crippen LogP contribution in [0.4, 0.5) is 5.13 Å². The van der Waals surface area contributed by atoms with Crippen LogP contribution in [0.5, 0.6) is 0 Å². The molecule has 0 spiro atoms. The van der Waals surface area contributed by atoms with Crippen LogP contribution in [-0.2, 0) is 6.54 Å². The maximum Gasteiger partial charge on any atom is 0.204 e. The van der Waals surface area contributed by atoms with Crippen molar-refractivity contribution >= 4 is 43.8 Å². The highest BCUT2D eigenvalue weighted by Crippen LogP contribution is 2.26.